The topological polar surface area (TPSA) is 151 Å². The molecule has 2 rings (SSSR count). The van der Waals surface area contributed by atoms with Gasteiger partial charge < -0.3 is 19.7 Å². The van der Waals surface area contributed by atoms with Crippen LogP contribution in [-0.2, 0) is 28.7 Å². The molecule has 0 radical (unpaired) electrons. The zero-order chi connectivity index (χ0) is 18.2. The summed E-state index contributed by atoms with van der Waals surface area (Å²) in [5.41, 5.74) is 0. The van der Waals surface area contributed by atoms with Crippen LogP contribution < -0.4 is 10.6 Å². The third kappa shape index (κ3) is 13.3. The van der Waals surface area contributed by atoms with Gasteiger partial charge in [0.15, 0.2) is 0 Å². The highest BCUT2D eigenvalue weighted by atomic mass is 16.5. The van der Waals surface area contributed by atoms with Gasteiger partial charge in [0.25, 0.3) is 23.6 Å². The summed E-state index contributed by atoms with van der Waals surface area (Å²) in [6, 6.07) is 0. The first-order chi connectivity index (χ1) is 11.5. The minimum atomic E-state index is -0.329. The Bertz CT molecular complexity index is 411. The molecule has 0 saturated carbocycles. The van der Waals surface area contributed by atoms with Gasteiger partial charge in [-0.3, -0.25) is 29.8 Å². The van der Waals surface area contributed by atoms with Crippen molar-refractivity contribution in [3.05, 3.63) is 24.3 Å². The van der Waals surface area contributed by atoms with E-state index >= 15 is 0 Å². The van der Waals surface area contributed by atoms with Gasteiger partial charge in [-0.1, -0.05) is 0 Å². The molecule has 10 heteroatoms. The number of hydrogen-bond acceptors (Lipinski definition) is 8. The molecule has 0 bridgehead atoms. The standard InChI is InChI=1S/C6H14O4.2C4H3NO2/c7-1-3-9-5-6-10-4-2-8;2*6-3-1-2-4(7)5-3/h7-8H,1-6H2;2*1-2H,(H,5,6,7). The minimum Gasteiger partial charge on any atom is -0.394 e. The maximum Gasteiger partial charge on any atom is 0.250 e. The number of carbonyl (C=O) groups excluding carboxylic acids is 4. The van der Waals surface area contributed by atoms with E-state index in [2.05, 4.69) is 0 Å². The summed E-state index contributed by atoms with van der Waals surface area (Å²) in [5, 5.41) is 20.6. The first-order valence-corrected chi connectivity index (χ1v) is 6.93. The van der Waals surface area contributed by atoms with Crippen LogP contribution in [0.3, 0.4) is 0 Å². The van der Waals surface area contributed by atoms with Crippen molar-refractivity contribution in [2.45, 2.75) is 0 Å². The molecule has 134 valence electrons. The van der Waals surface area contributed by atoms with Crippen LogP contribution in [0.5, 0.6) is 0 Å². The van der Waals surface area contributed by atoms with E-state index in [4.69, 9.17) is 19.7 Å². The van der Waals surface area contributed by atoms with Gasteiger partial charge in [-0.15, -0.1) is 0 Å². The second-order valence-corrected chi connectivity index (χ2v) is 4.05. The van der Waals surface area contributed by atoms with Gasteiger partial charge in [-0.25, -0.2) is 0 Å². The Balaban J connectivity index is 0.000000337. The molecule has 0 unspecified atom stereocenters. The molecule has 2 heterocycles. The monoisotopic (exact) mass is 344 g/mol. The van der Waals surface area contributed by atoms with Crippen LogP contribution in [-0.4, -0.2) is 73.5 Å². The maximum atomic E-state index is 10.0. The number of aliphatic hydroxyl groups is 2. The van der Waals surface area contributed by atoms with Crippen LogP contribution in [0.25, 0.3) is 0 Å². The predicted molar refractivity (Wildman–Crippen MR) is 80.4 cm³/mol. The van der Waals surface area contributed by atoms with Gasteiger partial charge in [0, 0.05) is 24.3 Å². The lowest BCUT2D eigenvalue weighted by molar-refractivity contribution is -0.125. The molecule has 0 aliphatic carbocycles. The average Bonchev–Trinajstić information content (AvgIpc) is 3.11. The molecular formula is C14H20N2O8. The summed E-state index contributed by atoms with van der Waals surface area (Å²) in [6.07, 6.45) is 4.79. The highest BCUT2D eigenvalue weighted by Gasteiger charge is 2.07. The van der Waals surface area contributed by atoms with E-state index in [0.717, 1.165) is 0 Å². The van der Waals surface area contributed by atoms with Gasteiger partial charge in [-0.2, -0.15) is 0 Å². The van der Waals surface area contributed by atoms with E-state index in [1.54, 1.807) is 0 Å². The number of ether oxygens (including phenoxy) is 2. The number of rotatable bonds is 7. The molecule has 2 aliphatic heterocycles. The number of imide groups is 2. The molecule has 2 aliphatic rings. The van der Waals surface area contributed by atoms with E-state index in [0.29, 0.717) is 26.4 Å². The molecule has 0 fully saturated rings. The molecule has 0 spiro atoms. The smallest absolute Gasteiger partial charge is 0.250 e. The van der Waals surface area contributed by atoms with Crippen molar-refractivity contribution in [2.75, 3.05) is 39.6 Å². The highest BCUT2D eigenvalue weighted by molar-refractivity contribution is 6.13. The largest absolute Gasteiger partial charge is 0.394 e. The molecule has 0 saturated heterocycles. The summed E-state index contributed by atoms with van der Waals surface area (Å²) in [6.45, 7) is 1.73. The minimum absolute atomic E-state index is 0.0417. The van der Waals surface area contributed by atoms with Gasteiger partial charge >= 0.3 is 0 Å². The Morgan fingerprint density at radius 1 is 0.625 bits per heavy atom. The lowest BCUT2D eigenvalue weighted by atomic mass is 10.6. The van der Waals surface area contributed by atoms with Crippen LogP contribution >= 0.6 is 0 Å². The van der Waals surface area contributed by atoms with Crippen LogP contribution in [0, 0.1) is 0 Å². The van der Waals surface area contributed by atoms with Crippen molar-refractivity contribution in [1.29, 1.82) is 0 Å². The van der Waals surface area contributed by atoms with Crippen LogP contribution in [0.15, 0.2) is 24.3 Å². The van der Waals surface area contributed by atoms with Crippen molar-refractivity contribution < 1.29 is 38.9 Å². The summed E-state index contributed by atoms with van der Waals surface area (Å²) in [7, 11) is 0. The quantitative estimate of drug-likeness (QED) is 0.290. The number of nitrogens with one attached hydrogen (secondary N) is 2. The maximum absolute atomic E-state index is 10.0. The Morgan fingerprint density at radius 3 is 1.08 bits per heavy atom. The summed E-state index contributed by atoms with van der Waals surface area (Å²) in [4.78, 5) is 40.1. The Kier molecular flexibility index (Phi) is 12.8. The van der Waals surface area contributed by atoms with E-state index in [1.807, 2.05) is 10.6 Å². The van der Waals surface area contributed by atoms with Crippen molar-refractivity contribution in [2.24, 2.45) is 0 Å². The SMILES string of the molecule is O=C1C=CC(=O)N1.O=C1C=CC(=O)N1.OCCOCCOCCO. The van der Waals surface area contributed by atoms with E-state index in [-0.39, 0.29) is 36.8 Å². The lowest BCUT2D eigenvalue weighted by Crippen LogP contribution is -2.19. The molecule has 4 amide bonds. The normalized spacial score (nSPS) is 14.6. The first-order valence-electron chi connectivity index (χ1n) is 6.93. The third-order valence-electron chi connectivity index (χ3n) is 2.11. The molecular weight excluding hydrogens is 324 g/mol. The van der Waals surface area contributed by atoms with E-state index in [9.17, 15) is 19.2 Å². The Hall–Kier alpha value is -2.40. The fraction of sp³-hybridized carbons (Fsp3) is 0.429. The van der Waals surface area contributed by atoms with Crippen LogP contribution in [0.2, 0.25) is 0 Å². The van der Waals surface area contributed by atoms with Gasteiger partial charge in [0.2, 0.25) is 0 Å². The number of aliphatic hydroxyl groups excluding tert-OH is 2. The Morgan fingerprint density at radius 2 is 0.917 bits per heavy atom. The highest BCUT2D eigenvalue weighted by Crippen LogP contribution is 1.83. The second-order valence-electron chi connectivity index (χ2n) is 4.05. The zero-order valence-corrected chi connectivity index (χ0v) is 12.9. The lowest BCUT2D eigenvalue weighted by Gasteiger charge is -2.01. The van der Waals surface area contributed by atoms with Crippen molar-refractivity contribution in [3.8, 4) is 0 Å². The molecule has 0 aromatic heterocycles. The van der Waals surface area contributed by atoms with Crippen LogP contribution in [0.1, 0.15) is 0 Å². The van der Waals surface area contributed by atoms with Crippen molar-refractivity contribution in [1.82, 2.24) is 10.6 Å². The third-order valence-corrected chi connectivity index (χ3v) is 2.11. The second kappa shape index (κ2) is 14.2. The Labute approximate surface area is 138 Å². The molecule has 24 heavy (non-hydrogen) atoms. The van der Waals surface area contributed by atoms with Crippen LogP contribution in [0.4, 0.5) is 0 Å². The number of carbonyl (C=O) groups is 4. The fourth-order valence-electron chi connectivity index (χ4n) is 1.16. The molecule has 0 atom stereocenters. The van der Waals surface area contributed by atoms with Crippen molar-refractivity contribution in [3.63, 3.8) is 0 Å². The van der Waals surface area contributed by atoms with E-state index < -0.39 is 0 Å². The molecule has 10 nitrogen and oxygen atoms in total. The van der Waals surface area contributed by atoms with Gasteiger partial charge in [0.05, 0.1) is 39.6 Å². The van der Waals surface area contributed by atoms with Crippen molar-refractivity contribution >= 4 is 23.6 Å². The van der Waals surface area contributed by atoms with E-state index in [1.165, 1.54) is 24.3 Å². The zero-order valence-electron chi connectivity index (χ0n) is 12.9. The van der Waals surface area contributed by atoms with Gasteiger partial charge in [-0.05, 0) is 0 Å². The summed E-state index contributed by atoms with van der Waals surface area (Å²) >= 11 is 0. The first kappa shape index (κ1) is 21.6. The summed E-state index contributed by atoms with van der Waals surface area (Å²) in [5.74, 6) is -1.31. The molecule has 0 aromatic carbocycles. The average molecular weight is 344 g/mol. The number of amides is 4. The number of hydrogen-bond donors (Lipinski definition) is 4. The molecule has 4 N–H and O–H groups in total. The molecule has 0 aromatic rings. The summed E-state index contributed by atoms with van der Waals surface area (Å²) < 4.78 is 9.75. The fourth-order valence-corrected chi connectivity index (χ4v) is 1.16. The predicted octanol–water partition coefficient (Wildman–Crippen LogP) is -2.60. The van der Waals surface area contributed by atoms with Gasteiger partial charge in [0.1, 0.15) is 0 Å².